The van der Waals surface area contributed by atoms with Gasteiger partial charge in [0.1, 0.15) is 12.2 Å². The van der Waals surface area contributed by atoms with Gasteiger partial charge in [-0.15, -0.1) is 0 Å². The molecule has 0 spiro atoms. The van der Waals surface area contributed by atoms with Crippen molar-refractivity contribution in [1.82, 2.24) is 5.32 Å². The number of esters is 1. The van der Waals surface area contributed by atoms with Gasteiger partial charge < -0.3 is 14.8 Å². The van der Waals surface area contributed by atoms with Crippen molar-refractivity contribution >= 4 is 22.6 Å². The number of rotatable bonds is 3. The van der Waals surface area contributed by atoms with Gasteiger partial charge in [0.05, 0.1) is 5.60 Å². The van der Waals surface area contributed by atoms with Crippen LogP contribution in [0.1, 0.15) is 43.0 Å². The molecule has 5 nitrogen and oxygen atoms in total. The summed E-state index contributed by atoms with van der Waals surface area (Å²) in [4.78, 5) is 24.9. The molecule has 1 N–H and O–H groups in total. The molecule has 0 saturated carbocycles. The van der Waals surface area contributed by atoms with E-state index in [0.717, 1.165) is 36.5 Å². The minimum atomic E-state index is -0.303. The third-order valence-electron chi connectivity index (χ3n) is 6.93. The predicted octanol–water partition coefficient (Wildman–Crippen LogP) is 4.33. The smallest absolute Gasteiger partial charge is 0.334 e. The van der Waals surface area contributed by atoms with Crippen LogP contribution in [0.25, 0.3) is 10.8 Å². The Morgan fingerprint density at radius 3 is 2.87 bits per heavy atom. The van der Waals surface area contributed by atoms with Gasteiger partial charge in [0.15, 0.2) is 0 Å². The lowest BCUT2D eigenvalue weighted by Crippen LogP contribution is -2.30. The van der Waals surface area contributed by atoms with Crippen LogP contribution < -0.4 is 5.32 Å². The molecule has 3 aliphatic rings. The molecule has 4 atom stereocenters. The van der Waals surface area contributed by atoms with Crippen LogP contribution in [0, 0.1) is 5.92 Å². The standard InChI is InChI=1S/C26H27NO4/c1-16-21-12-9-17(6-5-13-26(2)23(31-26)22(21)30-25(16)29)15-27-24(28)20-11-10-18-7-3-4-8-19(18)14-20/h3-4,6-8,10-11,14,21-23H,1,5,9,12-13,15H2,2H3,(H,27,28)/b17-6+/t21-,22-,23-,26+/m0/s1. The normalized spacial score (nSPS) is 31.8. The molecule has 2 aliphatic heterocycles. The number of allylic oxidation sites excluding steroid dienone is 1. The van der Waals surface area contributed by atoms with Crippen molar-refractivity contribution in [3.05, 3.63) is 71.8 Å². The van der Waals surface area contributed by atoms with Gasteiger partial charge in [-0.05, 0) is 55.5 Å². The Labute approximate surface area is 182 Å². The average Bonchev–Trinajstić information content (AvgIpc) is 3.37. The van der Waals surface area contributed by atoms with Gasteiger partial charge in [0, 0.05) is 23.6 Å². The molecule has 1 amide bonds. The number of epoxide rings is 1. The maximum absolute atomic E-state index is 12.8. The van der Waals surface area contributed by atoms with Crippen molar-refractivity contribution in [1.29, 1.82) is 0 Å². The molecule has 31 heavy (non-hydrogen) atoms. The molecular weight excluding hydrogens is 390 g/mol. The van der Waals surface area contributed by atoms with Gasteiger partial charge >= 0.3 is 5.97 Å². The zero-order valence-corrected chi connectivity index (χ0v) is 17.7. The van der Waals surface area contributed by atoms with Crippen molar-refractivity contribution in [2.24, 2.45) is 5.92 Å². The van der Waals surface area contributed by atoms with Crippen LogP contribution >= 0.6 is 0 Å². The number of hydrogen-bond donors (Lipinski definition) is 1. The minimum absolute atomic E-state index is 0.0305. The fourth-order valence-corrected chi connectivity index (χ4v) is 4.91. The molecule has 2 aromatic carbocycles. The van der Waals surface area contributed by atoms with Crippen LogP contribution in [0.2, 0.25) is 0 Å². The van der Waals surface area contributed by atoms with E-state index in [4.69, 9.17) is 9.47 Å². The van der Waals surface area contributed by atoms with Crippen molar-refractivity contribution < 1.29 is 19.1 Å². The second kappa shape index (κ2) is 7.65. The van der Waals surface area contributed by atoms with E-state index in [0.29, 0.717) is 17.7 Å². The number of hydrogen-bond acceptors (Lipinski definition) is 4. The molecule has 160 valence electrons. The van der Waals surface area contributed by atoms with E-state index >= 15 is 0 Å². The van der Waals surface area contributed by atoms with Crippen LogP contribution in [-0.2, 0) is 14.3 Å². The molecule has 0 bridgehead atoms. The fraction of sp³-hybridized carbons (Fsp3) is 0.385. The third kappa shape index (κ3) is 3.79. The summed E-state index contributed by atoms with van der Waals surface area (Å²) >= 11 is 0. The van der Waals surface area contributed by atoms with Crippen molar-refractivity contribution in [3.8, 4) is 0 Å². The van der Waals surface area contributed by atoms with Crippen LogP contribution in [0.4, 0.5) is 0 Å². The summed E-state index contributed by atoms with van der Waals surface area (Å²) in [6.45, 7) is 6.54. The number of amides is 1. The Morgan fingerprint density at radius 1 is 1.23 bits per heavy atom. The number of ether oxygens (including phenoxy) is 2. The van der Waals surface area contributed by atoms with Crippen LogP contribution in [0.5, 0.6) is 0 Å². The van der Waals surface area contributed by atoms with Gasteiger partial charge in [-0.1, -0.05) is 48.6 Å². The summed E-state index contributed by atoms with van der Waals surface area (Å²) in [7, 11) is 0. The lowest BCUT2D eigenvalue weighted by atomic mass is 9.84. The Balaban J connectivity index is 1.28. The van der Waals surface area contributed by atoms with Crippen LogP contribution in [-0.4, -0.2) is 36.2 Å². The van der Waals surface area contributed by atoms with E-state index in [1.807, 2.05) is 42.5 Å². The first-order valence-electron chi connectivity index (χ1n) is 11.0. The highest BCUT2D eigenvalue weighted by Crippen LogP contribution is 2.49. The summed E-state index contributed by atoms with van der Waals surface area (Å²) < 4.78 is 11.6. The molecular formula is C26H27NO4. The zero-order chi connectivity index (χ0) is 21.6. The maximum Gasteiger partial charge on any atom is 0.334 e. The largest absolute Gasteiger partial charge is 0.455 e. The predicted molar refractivity (Wildman–Crippen MR) is 119 cm³/mol. The second-order valence-electron chi connectivity index (χ2n) is 9.04. The summed E-state index contributed by atoms with van der Waals surface area (Å²) in [6.07, 6.45) is 5.24. The Hall–Kier alpha value is -2.92. The first-order chi connectivity index (χ1) is 14.9. The molecule has 5 rings (SSSR count). The van der Waals surface area contributed by atoms with E-state index in [1.165, 1.54) is 5.57 Å². The highest BCUT2D eigenvalue weighted by molar-refractivity contribution is 5.98. The number of fused-ring (bicyclic) bond motifs is 4. The summed E-state index contributed by atoms with van der Waals surface area (Å²) in [5.74, 6) is -0.415. The number of carbonyl (C=O) groups is 2. The molecule has 1 aliphatic carbocycles. The maximum atomic E-state index is 12.8. The first-order valence-corrected chi connectivity index (χ1v) is 11.0. The molecule has 0 unspecified atom stereocenters. The lowest BCUT2D eigenvalue weighted by molar-refractivity contribution is -0.140. The topological polar surface area (TPSA) is 67.9 Å². The van der Waals surface area contributed by atoms with Crippen molar-refractivity contribution in [3.63, 3.8) is 0 Å². The van der Waals surface area contributed by atoms with Crippen molar-refractivity contribution in [2.45, 2.75) is 50.4 Å². The fourth-order valence-electron chi connectivity index (χ4n) is 4.91. The number of benzene rings is 2. The highest BCUT2D eigenvalue weighted by Gasteiger charge is 2.61. The summed E-state index contributed by atoms with van der Waals surface area (Å²) in [5, 5.41) is 5.24. The van der Waals surface area contributed by atoms with E-state index < -0.39 is 0 Å². The zero-order valence-electron chi connectivity index (χ0n) is 17.7. The van der Waals surface area contributed by atoms with E-state index in [9.17, 15) is 9.59 Å². The van der Waals surface area contributed by atoms with Crippen LogP contribution in [0.3, 0.4) is 0 Å². The van der Waals surface area contributed by atoms with E-state index in [2.05, 4.69) is 24.9 Å². The quantitative estimate of drug-likeness (QED) is 0.349. The molecule has 2 heterocycles. The minimum Gasteiger partial charge on any atom is -0.455 e. The monoisotopic (exact) mass is 417 g/mol. The highest BCUT2D eigenvalue weighted by atomic mass is 16.6. The van der Waals surface area contributed by atoms with Gasteiger partial charge in [0.25, 0.3) is 5.91 Å². The average molecular weight is 418 g/mol. The van der Waals surface area contributed by atoms with Gasteiger partial charge in [-0.25, -0.2) is 4.79 Å². The third-order valence-corrected chi connectivity index (χ3v) is 6.93. The van der Waals surface area contributed by atoms with Gasteiger partial charge in [-0.2, -0.15) is 0 Å². The van der Waals surface area contributed by atoms with Gasteiger partial charge in [-0.3, -0.25) is 4.79 Å². The van der Waals surface area contributed by atoms with Gasteiger partial charge in [0.2, 0.25) is 0 Å². The van der Waals surface area contributed by atoms with Crippen LogP contribution in [0.15, 0.2) is 66.3 Å². The van der Waals surface area contributed by atoms with Crippen molar-refractivity contribution in [2.75, 3.05) is 6.54 Å². The van der Waals surface area contributed by atoms with E-state index in [1.54, 1.807) is 0 Å². The first kappa shape index (κ1) is 20.0. The molecule has 2 aromatic rings. The summed E-state index contributed by atoms with van der Waals surface area (Å²) in [5.41, 5.74) is 2.12. The van der Waals surface area contributed by atoms with E-state index in [-0.39, 0.29) is 35.6 Å². The number of carbonyl (C=O) groups excluding carboxylic acids is 2. The molecule has 5 heteroatoms. The molecule has 2 fully saturated rings. The Kier molecular flexibility index (Phi) is 4.94. The summed E-state index contributed by atoms with van der Waals surface area (Å²) in [6, 6.07) is 13.8. The Bertz CT molecular complexity index is 1100. The molecule has 0 aromatic heterocycles. The Morgan fingerprint density at radius 2 is 2.03 bits per heavy atom. The molecule has 2 saturated heterocycles. The second-order valence-corrected chi connectivity index (χ2v) is 9.04. The SMILES string of the molecule is C=C1C(=O)O[C@H]2[C@H]1CC/C(CNC(=O)c1ccc3ccccc3c1)=C\CC[C@@]1(C)O[C@@H]21. The lowest BCUT2D eigenvalue weighted by Gasteiger charge is -2.20. The number of nitrogens with one attached hydrogen (secondary N) is 1. The molecule has 0 radical (unpaired) electrons.